The Morgan fingerprint density at radius 1 is 1.29 bits per heavy atom. The molecule has 3 heterocycles. The first kappa shape index (κ1) is 21.5. The molecule has 2 aromatic heterocycles. The van der Waals surface area contributed by atoms with E-state index in [1.54, 1.807) is 6.92 Å². The van der Waals surface area contributed by atoms with Crippen molar-refractivity contribution in [2.24, 2.45) is 0 Å². The molecule has 1 N–H and O–H groups in total. The molecule has 1 atom stereocenters. The Balaban J connectivity index is 1.70. The lowest BCUT2D eigenvalue weighted by Crippen LogP contribution is -2.59. The van der Waals surface area contributed by atoms with Crippen LogP contribution in [0.1, 0.15) is 18.9 Å². The lowest BCUT2D eigenvalue weighted by molar-refractivity contribution is -0.0177. The van der Waals surface area contributed by atoms with E-state index in [-0.39, 0.29) is 46.9 Å². The Bertz CT molecular complexity index is 1130. The van der Waals surface area contributed by atoms with Crippen LogP contribution in [0.5, 0.6) is 0 Å². The Labute approximate surface area is 187 Å². The van der Waals surface area contributed by atoms with Crippen LogP contribution >= 0.6 is 23.2 Å². The average molecular weight is 466 g/mol. The summed E-state index contributed by atoms with van der Waals surface area (Å²) in [5, 5.41) is 12.9. The van der Waals surface area contributed by atoms with E-state index in [2.05, 4.69) is 15.0 Å². The van der Waals surface area contributed by atoms with Crippen molar-refractivity contribution < 1.29 is 19.0 Å². The van der Waals surface area contributed by atoms with Gasteiger partial charge in [-0.3, -0.25) is 5.01 Å². The molecular formula is C20H18Cl2FN5O3. The van der Waals surface area contributed by atoms with Crippen LogP contribution in [-0.4, -0.2) is 49.9 Å². The Morgan fingerprint density at radius 2 is 2.03 bits per heavy atom. The topological polar surface area (TPSA) is 91.7 Å². The van der Waals surface area contributed by atoms with Gasteiger partial charge >= 0.3 is 6.09 Å². The normalized spacial score (nSPS) is 19.0. The summed E-state index contributed by atoms with van der Waals surface area (Å²) in [7, 11) is 0. The predicted molar refractivity (Wildman–Crippen MR) is 113 cm³/mol. The van der Waals surface area contributed by atoms with Gasteiger partial charge < -0.3 is 9.84 Å². The van der Waals surface area contributed by atoms with Crippen LogP contribution in [0, 0.1) is 5.82 Å². The van der Waals surface area contributed by atoms with Gasteiger partial charge in [-0.05, 0) is 30.5 Å². The Hall–Kier alpha value is -2.75. The number of hydrogen-bond acceptors (Lipinski definition) is 7. The first-order valence-corrected chi connectivity index (χ1v) is 10.2. The molecule has 0 saturated carbocycles. The summed E-state index contributed by atoms with van der Waals surface area (Å²) in [5.74, 6) is -0.683. The molecular weight excluding hydrogens is 448 g/mol. The van der Waals surface area contributed by atoms with Crippen LogP contribution in [0.2, 0.25) is 10.4 Å². The number of amides is 1. The second kappa shape index (κ2) is 8.41. The molecule has 1 aromatic carbocycles. The number of halogens is 3. The van der Waals surface area contributed by atoms with Crippen molar-refractivity contribution in [2.75, 3.05) is 18.1 Å². The van der Waals surface area contributed by atoms with E-state index < -0.39 is 17.5 Å². The fraction of sp³-hybridized carbons (Fsp3) is 0.300. The number of fused-ring (bicyclic) bond motifs is 1. The highest BCUT2D eigenvalue weighted by Gasteiger charge is 2.39. The summed E-state index contributed by atoms with van der Waals surface area (Å²) in [4.78, 5) is 24.9. The van der Waals surface area contributed by atoms with Crippen LogP contribution < -0.4 is 5.01 Å². The second-order valence-electron chi connectivity index (χ2n) is 7.41. The number of aromatic nitrogens is 3. The number of aliphatic hydroxyl groups is 1. The SMILES string of the molecule is CC1(O)CCN(c2nc(Cl)nc3c(F)c(Cl)ncc23)N(C(=O)OCc2ccccc2)C1. The van der Waals surface area contributed by atoms with E-state index in [4.69, 9.17) is 27.9 Å². The fourth-order valence-corrected chi connectivity index (χ4v) is 3.62. The van der Waals surface area contributed by atoms with Crippen LogP contribution in [0.15, 0.2) is 36.5 Å². The Kier molecular flexibility index (Phi) is 5.83. The molecule has 0 bridgehead atoms. The Morgan fingerprint density at radius 3 is 2.77 bits per heavy atom. The first-order chi connectivity index (χ1) is 14.7. The van der Waals surface area contributed by atoms with Crippen molar-refractivity contribution in [3.63, 3.8) is 0 Å². The molecule has 1 aliphatic heterocycles. The largest absolute Gasteiger partial charge is 0.443 e. The van der Waals surface area contributed by atoms with Gasteiger partial charge in [0, 0.05) is 12.7 Å². The number of nitrogens with zero attached hydrogens (tertiary/aromatic N) is 5. The summed E-state index contributed by atoms with van der Waals surface area (Å²) in [5.41, 5.74) is -0.464. The van der Waals surface area contributed by atoms with E-state index in [9.17, 15) is 14.3 Å². The van der Waals surface area contributed by atoms with Crippen molar-refractivity contribution in [3.8, 4) is 0 Å². The smallest absolute Gasteiger partial charge is 0.429 e. The van der Waals surface area contributed by atoms with Crippen LogP contribution in [0.25, 0.3) is 10.9 Å². The summed E-state index contributed by atoms with van der Waals surface area (Å²) >= 11 is 11.8. The number of pyridine rings is 1. The van der Waals surface area contributed by atoms with Gasteiger partial charge in [-0.15, -0.1) is 0 Å². The molecule has 162 valence electrons. The molecule has 8 nitrogen and oxygen atoms in total. The van der Waals surface area contributed by atoms with Crippen LogP contribution in [0.4, 0.5) is 15.0 Å². The van der Waals surface area contributed by atoms with Crippen LogP contribution in [0.3, 0.4) is 0 Å². The lowest BCUT2D eigenvalue weighted by atomic mass is 10.00. The quantitative estimate of drug-likeness (QED) is 0.461. The van der Waals surface area contributed by atoms with Gasteiger partial charge in [-0.1, -0.05) is 41.9 Å². The molecule has 1 saturated heterocycles. The van der Waals surface area contributed by atoms with Gasteiger partial charge in [0.25, 0.3) is 0 Å². The summed E-state index contributed by atoms with van der Waals surface area (Å²) < 4.78 is 20.0. The molecule has 4 rings (SSSR count). The van der Waals surface area contributed by atoms with Crippen molar-refractivity contribution in [3.05, 3.63) is 58.3 Å². The average Bonchev–Trinajstić information content (AvgIpc) is 2.74. The summed E-state index contributed by atoms with van der Waals surface area (Å²) in [6.45, 7) is 1.80. The van der Waals surface area contributed by atoms with Crippen molar-refractivity contribution in [1.82, 2.24) is 20.0 Å². The molecule has 0 radical (unpaired) electrons. The highest BCUT2D eigenvalue weighted by molar-refractivity contribution is 6.30. The maximum absolute atomic E-state index is 14.5. The monoisotopic (exact) mass is 465 g/mol. The third kappa shape index (κ3) is 4.48. The lowest BCUT2D eigenvalue weighted by Gasteiger charge is -2.44. The summed E-state index contributed by atoms with van der Waals surface area (Å²) in [6, 6.07) is 9.19. The van der Waals surface area contributed by atoms with Gasteiger partial charge in [-0.2, -0.15) is 4.98 Å². The van der Waals surface area contributed by atoms with Gasteiger partial charge in [0.2, 0.25) is 5.28 Å². The number of ether oxygens (including phenoxy) is 1. The molecule has 1 aliphatic rings. The first-order valence-electron chi connectivity index (χ1n) is 9.40. The number of anilines is 1. The minimum atomic E-state index is -1.15. The number of rotatable bonds is 3. The molecule has 31 heavy (non-hydrogen) atoms. The molecule has 11 heteroatoms. The maximum atomic E-state index is 14.5. The van der Waals surface area contributed by atoms with Crippen molar-refractivity contribution in [2.45, 2.75) is 25.6 Å². The van der Waals surface area contributed by atoms with Crippen molar-refractivity contribution >= 4 is 46.0 Å². The zero-order chi connectivity index (χ0) is 22.2. The van der Waals surface area contributed by atoms with Crippen molar-refractivity contribution in [1.29, 1.82) is 0 Å². The highest BCUT2D eigenvalue weighted by atomic mass is 35.5. The minimum Gasteiger partial charge on any atom is -0.443 e. The molecule has 0 spiro atoms. The highest BCUT2D eigenvalue weighted by Crippen LogP contribution is 2.33. The third-order valence-corrected chi connectivity index (χ3v) is 5.33. The maximum Gasteiger partial charge on any atom is 0.429 e. The second-order valence-corrected chi connectivity index (χ2v) is 8.11. The van der Waals surface area contributed by atoms with E-state index >= 15 is 0 Å². The van der Waals surface area contributed by atoms with Gasteiger partial charge in [0.15, 0.2) is 16.8 Å². The molecule has 1 amide bonds. The number of carbonyl (C=O) groups excluding carboxylic acids is 1. The number of β-amino-alcohol motifs (C(OH)–C–C–N with tert-alkyl or cyclic N) is 1. The van der Waals surface area contributed by atoms with Gasteiger partial charge in [-0.25, -0.2) is 24.2 Å². The van der Waals surface area contributed by atoms with E-state index in [1.165, 1.54) is 16.2 Å². The summed E-state index contributed by atoms with van der Waals surface area (Å²) in [6.07, 6.45) is 0.934. The zero-order valence-electron chi connectivity index (χ0n) is 16.4. The molecule has 1 unspecified atom stereocenters. The van der Waals surface area contributed by atoms with E-state index in [0.717, 1.165) is 5.56 Å². The van der Waals surface area contributed by atoms with Gasteiger partial charge in [0.05, 0.1) is 17.5 Å². The molecule has 3 aromatic rings. The third-order valence-electron chi connectivity index (χ3n) is 4.90. The van der Waals surface area contributed by atoms with E-state index in [0.29, 0.717) is 6.42 Å². The number of benzene rings is 1. The van der Waals surface area contributed by atoms with Crippen LogP contribution in [-0.2, 0) is 11.3 Å². The van der Waals surface area contributed by atoms with Gasteiger partial charge in [0.1, 0.15) is 12.1 Å². The molecule has 1 fully saturated rings. The molecule has 0 aliphatic carbocycles. The number of carbonyl (C=O) groups is 1. The fourth-order valence-electron chi connectivity index (χ4n) is 3.32. The van der Waals surface area contributed by atoms with E-state index in [1.807, 2.05) is 30.3 Å². The minimum absolute atomic E-state index is 0.0449. The number of hydrazine groups is 1. The predicted octanol–water partition coefficient (Wildman–Crippen LogP) is 3.99. The standard InChI is InChI=1S/C20H18Cl2FN5O3/c1-20(30)7-8-27(28(11-20)19(29)31-10-12-5-3-2-4-6-12)17-13-9-24-16(21)14(23)15(13)25-18(22)26-17/h2-6,9,30H,7-8,10-11H2,1H3. The zero-order valence-corrected chi connectivity index (χ0v) is 17.9. The number of hydrogen-bond donors (Lipinski definition) is 1.